The summed E-state index contributed by atoms with van der Waals surface area (Å²) in [6, 6.07) is 6.32. The Labute approximate surface area is 191 Å². The predicted octanol–water partition coefficient (Wildman–Crippen LogP) is 5.10. The van der Waals surface area contributed by atoms with Gasteiger partial charge in [-0.25, -0.2) is 0 Å². The summed E-state index contributed by atoms with van der Waals surface area (Å²) in [5, 5.41) is 15.4. The molecule has 0 aromatic heterocycles. The number of hydrogen-bond acceptors (Lipinski definition) is 6. The van der Waals surface area contributed by atoms with Gasteiger partial charge < -0.3 is 26.2 Å². The molecular weight excluding hydrogens is 441 g/mol. The van der Waals surface area contributed by atoms with Crippen molar-refractivity contribution in [2.75, 3.05) is 23.5 Å². The molecule has 0 aliphatic carbocycles. The molecular formula is C22H27Cl2N3O4. The number of hydrogen-bond donors (Lipinski definition) is 4. The van der Waals surface area contributed by atoms with E-state index >= 15 is 0 Å². The quantitative estimate of drug-likeness (QED) is 0.231. The Morgan fingerprint density at radius 3 is 2.35 bits per heavy atom. The van der Waals surface area contributed by atoms with Crippen molar-refractivity contribution in [3.8, 4) is 11.5 Å². The van der Waals surface area contributed by atoms with Gasteiger partial charge in [0.1, 0.15) is 5.75 Å². The molecule has 31 heavy (non-hydrogen) atoms. The largest absolute Gasteiger partial charge is 0.505 e. The number of nitrogens with two attached hydrogens (primary N) is 1. The smallest absolute Gasteiger partial charge is 0.254 e. The van der Waals surface area contributed by atoms with E-state index in [1.165, 1.54) is 19.2 Å². The molecule has 0 spiro atoms. The fourth-order valence-corrected chi connectivity index (χ4v) is 3.71. The number of phenols is 1. The molecule has 1 atom stereocenters. The third-order valence-electron chi connectivity index (χ3n) is 4.88. The Morgan fingerprint density at radius 2 is 1.81 bits per heavy atom. The molecule has 0 aliphatic heterocycles. The fourth-order valence-electron chi connectivity index (χ4n) is 3.22. The van der Waals surface area contributed by atoms with Crippen LogP contribution in [0, 0.1) is 5.41 Å². The highest BCUT2D eigenvalue weighted by Gasteiger charge is 2.37. The van der Waals surface area contributed by atoms with E-state index in [1.807, 2.05) is 6.92 Å². The number of nitrogen functional groups attached to an aromatic ring is 1. The summed E-state index contributed by atoms with van der Waals surface area (Å²) in [6.45, 7) is 5.55. The minimum atomic E-state index is -1.25. The minimum absolute atomic E-state index is 0.00497. The van der Waals surface area contributed by atoms with Gasteiger partial charge in [-0.05, 0) is 30.7 Å². The van der Waals surface area contributed by atoms with Crippen molar-refractivity contribution < 1.29 is 19.4 Å². The molecule has 0 fully saturated rings. The van der Waals surface area contributed by atoms with Gasteiger partial charge in [0.05, 0.1) is 22.8 Å². The zero-order chi connectivity index (χ0) is 23.3. The number of carbonyl (C=O) groups excluding carboxylic acids is 2. The van der Waals surface area contributed by atoms with Gasteiger partial charge >= 0.3 is 0 Å². The van der Waals surface area contributed by atoms with Crippen LogP contribution in [-0.2, 0) is 9.59 Å². The molecule has 5 N–H and O–H groups in total. The van der Waals surface area contributed by atoms with Gasteiger partial charge in [-0.2, -0.15) is 0 Å². The van der Waals surface area contributed by atoms with E-state index in [4.69, 9.17) is 33.7 Å². The third kappa shape index (κ3) is 5.95. The number of aromatic hydroxyl groups is 1. The minimum Gasteiger partial charge on any atom is -0.505 e. The van der Waals surface area contributed by atoms with E-state index in [9.17, 15) is 14.7 Å². The van der Waals surface area contributed by atoms with Crippen LogP contribution in [0.25, 0.3) is 0 Å². The summed E-state index contributed by atoms with van der Waals surface area (Å²) < 4.78 is 5.27. The monoisotopic (exact) mass is 467 g/mol. The van der Waals surface area contributed by atoms with Gasteiger partial charge in [0.15, 0.2) is 17.6 Å². The van der Waals surface area contributed by atoms with Crippen LogP contribution in [-0.4, -0.2) is 29.9 Å². The van der Waals surface area contributed by atoms with Crippen molar-refractivity contribution in [1.29, 1.82) is 0 Å². The zero-order valence-corrected chi connectivity index (χ0v) is 19.4. The van der Waals surface area contributed by atoms with E-state index in [1.54, 1.807) is 32.0 Å². The highest BCUT2D eigenvalue weighted by Crippen LogP contribution is 2.36. The first kappa shape index (κ1) is 24.6. The van der Waals surface area contributed by atoms with Gasteiger partial charge in [-0.15, -0.1) is 0 Å². The van der Waals surface area contributed by atoms with Crippen molar-refractivity contribution in [1.82, 2.24) is 0 Å². The topological polar surface area (TPSA) is 114 Å². The van der Waals surface area contributed by atoms with Crippen molar-refractivity contribution in [3.63, 3.8) is 0 Å². The lowest BCUT2D eigenvalue weighted by Crippen LogP contribution is -2.47. The third-order valence-corrected chi connectivity index (χ3v) is 5.45. The molecule has 0 heterocycles. The number of nitrogens with one attached hydrogen (secondary N) is 2. The maximum Gasteiger partial charge on any atom is 0.254 e. The normalized spacial score (nSPS) is 12.2. The first-order valence-corrected chi connectivity index (χ1v) is 10.5. The average Bonchev–Trinajstić information content (AvgIpc) is 2.70. The second kappa shape index (κ2) is 10.1. The second-order valence-electron chi connectivity index (χ2n) is 7.81. The van der Waals surface area contributed by atoms with Gasteiger partial charge in [0, 0.05) is 22.9 Å². The molecule has 2 aromatic rings. The highest BCUT2D eigenvalue weighted by molar-refractivity contribution is 6.37. The summed E-state index contributed by atoms with van der Waals surface area (Å²) in [5.41, 5.74) is 6.17. The maximum absolute atomic E-state index is 13.3. The molecule has 0 saturated heterocycles. The first-order chi connectivity index (χ1) is 14.5. The van der Waals surface area contributed by atoms with Crippen LogP contribution >= 0.6 is 23.2 Å². The SMILES string of the molecule is CCCC(C)(C)C(=O)C(Nc1cc(Cl)c(O)c(Cl)c1)C(=O)Nc1ccc(N)cc1OC. The van der Waals surface area contributed by atoms with Crippen molar-refractivity contribution in [3.05, 3.63) is 40.4 Å². The van der Waals surface area contributed by atoms with Crippen LogP contribution in [0.15, 0.2) is 30.3 Å². The van der Waals surface area contributed by atoms with Crippen molar-refractivity contribution in [2.24, 2.45) is 5.41 Å². The molecule has 0 bridgehead atoms. The lowest BCUT2D eigenvalue weighted by Gasteiger charge is -2.29. The Morgan fingerprint density at radius 1 is 1.19 bits per heavy atom. The van der Waals surface area contributed by atoms with E-state index < -0.39 is 17.4 Å². The van der Waals surface area contributed by atoms with E-state index in [0.29, 0.717) is 29.2 Å². The molecule has 0 radical (unpaired) electrons. The van der Waals surface area contributed by atoms with E-state index in [-0.39, 0.29) is 21.6 Å². The van der Waals surface area contributed by atoms with Crippen LogP contribution in [0.3, 0.4) is 0 Å². The van der Waals surface area contributed by atoms with Gasteiger partial charge in [0.25, 0.3) is 5.91 Å². The molecule has 2 rings (SSSR count). The van der Waals surface area contributed by atoms with Gasteiger partial charge in [-0.1, -0.05) is 50.4 Å². The number of rotatable bonds is 9. The van der Waals surface area contributed by atoms with Crippen LogP contribution < -0.4 is 21.1 Å². The summed E-state index contributed by atoms with van der Waals surface area (Å²) in [4.78, 5) is 26.5. The molecule has 168 valence electrons. The number of halogens is 2. The van der Waals surface area contributed by atoms with E-state index in [2.05, 4.69) is 10.6 Å². The van der Waals surface area contributed by atoms with Crippen molar-refractivity contribution >= 4 is 52.0 Å². The predicted molar refractivity (Wildman–Crippen MR) is 125 cm³/mol. The number of ketones is 1. The maximum atomic E-state index is 13.3. The van der Waals surface area contributed by atoms with Gasteiger partial charge in [-0.3, -0.25) is 9.59 Å². The molecule has 1 unspecified atom stereocenters. The number of Topliss-reactive ketones (excluding diaryl/α,β-unsaturated/α-hetero) is 1. The molecule has 2 aromatic carbocycles. The van der Waals surface area contributed by atoms with Gasteiger partial charge in [0.2, 0.25) is 0 Å². The Hall–Kier alpha value is -2.64. The Balaban J connectivity index is 2.42. The number of carbonyl (C=O) groups is 2. The van der Waals surface area contributed by atoms with Crippen LogP contribution in [0.1, 0.15) is 33.6 Å². The second-order valence-corrected chi connectivity index (χ2v) is 8.63. The molecule has 1 amide bonds. The summed E-state index contributed by atoms with van der Waals surface area (Å²) in [6.07, 6.45) is 1.37. The van der Waals surface area contributed by atoms with Crippen LogP contribution in [0.4, 0.5) is 17.1 Å². The first-order valence-electron chi connectivity index (χ1n) is 9.73. The molecule has 9 heteroatoms. The fraction of sp³-hybridized carbons (Fsp3) is 0.364. The zero-order valence-electron chi connectivity index (χ0n) is 17.9. The number of phenolic OH excluding ortho intramolecular Hbond substituents is 1. The molecule has 7 nitrogen and oxygen atoms in total. The van der Waals surface area contributed by atoms with Crippen LogP contribution in [0.5, 0.6) is 11.5 Å². The summed E-state index contributed by atoms with van der Waals surface area (Å²) in [5.74, 6) is -0.804. The number of ether oxygens (including phenoxy) is 1. The molecule has 0 aliphatic rings. The molecule has 0 saturated carbocycles. The summed E-state index contributed by atoms with van der Waals surface area (Å²) >= 11 is 12.0. The number of amides is 1. The summed E-state index contributed by atoms with van der Waals surface area (Å²) in [7, 11) is 1.45. The number of methoxy groups -OCH3 is 1. The lowest BCUT2D eigenvalue weighted by atomic mass is 9.80. The van der Waals surface area contributed by atoms with Crippen LogP contribution in [0.2, 0.25) is 10.0 Å². The number of benzene rings is 2. The Kier molecular flexibility index (Phi) is 8.03. The van der Waals surface area contributed by atoms with Crippen molar-refractivity contribution in [2.45, 2.75) is 39.7 Å². The average molecular weight is 468 g/mol. The lowest BCUT2D eigenvalue weighted by molar-refractivity contribution is -0.132. The number of anilines is 3. The highest BCUT2D eigenvalue weighted by atomic mass is 35.5. The van der Waals surface area contributed by atoms with E-state index in [0.717, 1.165) is 6.42 Å². The standard InChI is InChI=1S/C22H27Cl2N3O4/c1-5-8-22(2,3)20(29)18(26-13-10-14(23)19(28)15(24)11-13)21(30)27-16-7-6-12(25)9-17(16)31-4/h6-7,9-11,18,26,28H,5,8,25H2,1-4H3,(H,27,30). The Bertz CT molecular complexity index is 956.